The van der Waals surface area contributed by atoms with Gasteiger partial charge in [-0.1, -0.05) is 38.1 Å². The standard InChI is InChI=1S/C29H34F4N4O2S/c1-18(2)24-17-36(22-10-11-23(30)25(15-22)40(5)39)12-13-37(24)27-34-16-20(26(35-27)29(31,32)33)14-19-6-8-21(9-7-19)28(3,4)38/h6-11,15-16,18,24,38H,12-14,17H2,1-5H3. The lowest BCUT2D eigenvalue weighted by Crippen LogP contribution is -2.56. The smallest absolute Gasteiger partial charge is 0.386 e. The Morgan fingerprint density at radius 1 is 1.10 bits per heavy atom. The third kappa shape index (κ3) is 6.63. The van der Waals surface area contributed by atoms with E-state index in [1.807, 2.05) is 18.7 Å². The number of aromatic nitrogens is 2. The number of nitrogens with zero attached hydrogens (tertiary/aromatic N) is 4. The fraction of sp³-hybridized carbons (Fsp3) is 0.448. The van der Waals surface area contributed by atoms with E-state index in [4.69, 9.17) is 0 Å². The van der Waals surface area contributed by atoms with Crippen LogP contribution >= 0.6 is 0 Å². The van der Waals surface area contributed by atoms with Crippen LogP contribution in [0, 0.1) is 11.7 Å². The van der Waals surface area contributed by atoms with E-state index in [9.17, 15) is 26.9 Å². The van der Waals surface area contributed by atoms with Crippen molar-refractivity contribution in [2.75, 3.05) is 35.7 Å². The monoisotopic (exact) mass is 578 g/mol. The molecule has 1 aromatic heterocycles. The van der Waals surface area contributed by atoms with Crippen LogP contribution in [0.25, 0.3) is 0 Å². The molecular formula is C29H34F4N4O2S. The minimum atomic E-state index is -4.67. The Labute approximate surface area is 234 Å². The average molecular weight is 579 g/mol. The first kappa shape index (κ1) is 29.9. The number of alkyl halides is 3. The van der Waals surface area contributed by atoms with E-state index < -0.39 is 34.1 Å². The molecule has 1 fully saturated rings. The minimum absolute atomic E-state index is 0.00561. The third-order valence-electron chi connectivity index (χ3n) is 7.21. The Morgan fingerprint density at radius 3 is 2.35 bits per heavy atom. The lowest BCUT2D eigenvalue weighted by Gasteiger charge is -2.44. The molecule has 2 aromatic carbocycles. The molecule has 1 aliphatic heterocycles. The van der Waals surface area contributed by atoms with Gasteiger partial charge in [0.15, 0.2) is 5.69 Å². The molecule has 216 valence electrons. The third-order valence-corrected chi connectivity index (χ3v) is 8.14. The number of rotatable bonds is 7. The van der Waals surface area contributed by atoms with Gasteiger partial charge >= 0.3 is 6.18 Å². The maximum Gasteiger partial charge on any atom is 0.433 e. The lowest BCUT2D eigenvalue weighted by molar-refractivity contribution is -0.141. The number of piperazine rings is 1. The highest BCUT2D eigenvalue weighted by Gasteiger charge is 2.38. The molecule has 4 rings (SSSR count). The fourth-order valence-electron chi connectivity index (χ4n) is 4.93. The molecule has 11 heteroatoms. The first-order valence-corrected chi connectivity index (χ1v) is 14.6. The zero-order valence-corrected chi connectivity index (χ0v) is 24.0. The van der Waals surface area contributed by atoms with Gasteiger partial charge in [0, 0.05) is 49.8 Å². The van der Waals surface area contributed by atoms with Crippen LogP contribution in [0.3, 0.4) is 0 Å². The Kier molecular flexibility index (Phi) is 8.56. The summed E-state index contributed by atoms with van der Waals surface area (Å²) in [5.74, 6) is -0.471. The molecule has 2 unspecified atom stereocenters. The average Bonchev–Trinajstić information content (AvgIpc) is 2.88. The molecule has 1 saturated heterocycles. The van der Waals surface area contributed by atoms with Gasteiger partial charge in [0.1, 0.15) is 5.82 Å². The minimum Gasteiger partial charge on any atom is -0.386 e. The van der Waals surface area contributed by atoms with E-state index in [2.05, 4.69) is 9.97 Å². The Hall–Kier alpha value is -3.05. The Balaban J connectivity index is 1.61. The highest BCUT2D eigenvalue weighted by Crippen LogP contribution is 2.34. The first-order valence-electron chi connectivity index (χ1n) is 13.0. The lowest BCUT2D eigenvalue weighted by atomic mass is 9.95. The summed E-state index contributed by atoms with van der Waals surface area (Å²) in [6, 6.07) is 11.1. The van der Waals surface area contributed by atoms with Crippen molar-refractivity contribution in [3.05, 3.63) is 76.9 Å². The quantitative estimate of drug-likeness (QED) is 0.372. The maximum atomic E-state index is 14.2. The second-order valence-electron chi connectivity index (χ2n) is 11.0. The van der Waals surface area contributed by atoms with Crippen LogP contribution in [0.1, 0.15) is 50.1 Å². The molecule has 0 saturated carbocycles. The molecular weight excluding hydrogens is 544 g/mol. The number of hydrogen-bond acceptors (Lipinski definition) is 6. The molecule has 1 aliphatic rings. The van der Waals surface area contributed by atoms with E-state index in [1.165, 1.54) is 18.5 Å². The van der Waals surface area contributed by atoms with Gasteiger partial charge in [-0.05, 0) is 49.1 Å². The Bertz CT molecular complexity index is 1370. The summed E-state index contributed by atoms with van der Waals surface area (Å²) in [5.41, 5.74) is -0.0286. The maximum absolute atomic E-state index is 14.2. The van der Waals surface area contributed by atoms with Crippen molar-refractivity contribution in [2.45, 2.75) is 56.8 Å². The van der Waals surface area contributed by atoms with Crippen molar-refractivity contribution in [2.24, 2.45) is 5.92 Å². The molecule has 0 aliphatic carbocycles. The molecule has 0 amide bonds. The van der Waals surface area contributed by atoms with Crippen LogP contribution < -0.4 is 9.80 Å². The van der Waals surface area contributed by atoms with Gasteiger partial charge in [-0.2, -0.15) is 13.2 Å². The molecule has 2 heterocycles. The second kappa shape index (κ2) is 11.4. The number of aliphatic hydroxyl groups is 1. The Morgan fingerprint density at radius 2 is 1.77 bits per heavy atom. The number of anilines is 2. The summed E-state index contributed by atoms with van der Waals surface area (Å²) >= 11 is 0. The van der Waals surface area contributed by atoms with E-state index in [0.29, 0.717) is 36.4 Å². The molecule has 2 atom stereocenters. The first-order chi connectivity index (χ1) is 18.6. The molecule has 0 bridgehead atoms. The molecule has 1 N–H and O–H groups in total. The summed E-state index contributed by atoms with van der Waals surface area (Å²) in [6.45, 7) is 8.52. The van der Waals surface area contributed by atoms with Gasteiger partial charge in [0.25, 0.3) is 0 Å². The SMILES string of the molecule is CC(C)C1CN(c2ccc(F)c(S(C)=O)c2)CCN1c1ncc(Cc2ccc(C(C)(C)O)cc2)c(C(F)(F)F)n1. The van der Waals surface area contributed by atoms with Gasteiger partial charge in [0.05, 0.1) is 27.3 Å². The normalized spacial score (nSPS) is 17.4. The van der Waals surface area contributed by atoms with Gasteiger partial charge < -0.3 is 14.9 Å². The second-order valence-corrected chi connectivity index (χ2v) is 12.3. The highest BCUT2D eigenvalue weighted by atomic mass is 32.2. The van der Waals surface area contributed by atoms with Crippen molar-refractivity contribution in [3.8, 4) is 0 Å². The van der Waals surface area contributed by atoms with Crippen LogP contribution in [-0.4, -0.2) is 51.2 Å². The van der Waals surface area contributed by atoms with Crippen molar-refractivity contribution in [1.82, 2.24) is 9.97 Å². The van der Waals surface area contributed by atoms with Gasteiger partial charge in [0.2, 0.25) is 5.95 Å². The van der Waals surface area contributed by atoms with Crippen molar-refractivity contribution in [3.63, 3.8) is 0 Å². The van der Waals surface area contributed by atoms with E-state index in [0.717, 1.165) is 0 Å². The van der Waals surface area contributed by atoms with E-state index >= 15 is 0 Å². The van der Waals surface area contributed by atoms with Crippen molar-refractivity contribution >= 4 is 22.4 Å². The van der Waals surface area contributed by atoms with Crippen LogP contribution in [-0.2, 0) is 29.0 Å². The van der Waals surface area contributed by atoms with E-state index in [1.54, 1.807) is 55.1 Å². The number of benzene rings is 2. The highest BCUT2D eigenvalue weighted by molar-refractivity contribution is 7.84. The topological polar surface area (TPSA) is 69.6 Å². The zero-order valence-electron chi connectivity index (χ0n) is 23.2. The molecule has 40 heavy (non-hydrogen) atoms. The predicted molar refractivity (Wildman–Crippen MR) is 148 cm³/mol. The summed E-state index contributed by atoms with van der Waals surface area (Å²) in [4.78, 5) is 12.4. The van der Waals surface area contributed by atoms with E-state index in [-0.39, 0.29) is 34.8 Å². The fourth-order valence-corrected chi connectivity index (χ4v) is 5.56. The predicted octanol–water partition coefficient (Wildman–Crippen LogP) is 5.54. The molecule has 0 radical (unpaired) electrons. The molecule has 0 spiro atoms. The summed E-state index contributed by atoms with van der Waals surface area (Å²) in [7, 11) is -1.49. The van der Waals surface area contributed by atoms with Crippen molar-refractivity contribution < 1.29 is 26.9 Å². The van der Waals surface area contributed by atoms with Gasteiger partial charge in [-0.3, -0.25) is 4.21 Å². The van der Waals surface area contributed by atoms with Crippen molar-refractivity contribution in [1.29, 1.82) is 0 Å². The molecule has 6 nitrogen and oxygen atoms in total. The van der Waals surface area contributed by atoms with Crippen LogP contribution in [0.5, 0.6) is 0 Å². The van der Waals surface area contributed by atoms with Gasteiger partial charge in [-0.15, -0.1) is 0 Å². The number of hydrogen-bond donors (Lipinski definition) is 1. The number of halogens is 4. The zero-order chi connectivity index (χ0) is 29.4. The largest absolute Gasteiger partial charge is 0.433 e. The van der Waals surface area contributed by atoms with Crippen LogP contribution in [0.4, 0.5) is 29.2 Å². The summed E-state index contributed by atoms with van der Waals surface area (Å²) in [5, 5.41) is 10.2. The summed E-state index contributed by atoms with van der Waals surface area (Å²) < 4.78 is 68.6. The van der Waals surface area contributed by atoms with Crippen LogP contribution in [0.2, 0.25) is 0 Å². The van der Waals surface area contributed by atoms with Gasteiger partial charge in [-0.25, -0.2) is 14.4 Å². The van der Waals surface area contributed by atoms with Crippen LogP contribution in [0.15, 0.2) is 53.6 Å². The summed E-state index contributed by atoms with van der Waals surface area (Å²) in [6.07, 6.45) is -2.01. The molecule has 3 aromatic rings.